The van der Waals surface area contributed by atoms with Gasteiger partial charge in [0.05, 0.1) is 19.2 Å². The summed E-state index contributed by atoms with van der Waals surface area (Å²) in [5.41, 5.74) is 3.99. The fraction of sp³-hybridized carbons (Fsp3) is 0.375. The molecule has 1 aliphatic heterocycles. The molecule has 1 aliphatic rings. The van der Waals surface area contributed by atoms with Crippen LogP contribution in [0.5, 0.6) is 0 Å². The molecule has 21 heavy (non-hydrogen) atoms. The van der Waals surface area contributed by atoms with Crippen LogP contribution in [-0.4, -0.2) is 36.3 Å². The van der Waals surface area contributed by atoms with E-state index in [0.29, 0.717) is 13.1 Å². The minimum Gasteiger partial charge on any atom is -0.464 e. The molecule has 0 spiro atoms. The van der Waals surface area contributed by atoms with Gasteiger partial charge in [-0.05, 0) is 25.0 Å². The topological polar surface area (TPSA) is 62.6 Å². The largest absolute Gasteiger partial charge is 0.464 e. The number of piperazine rings is 1. The molecule has 0 saturated carbocycles. The third kappa shape index (κ3) is 2.51. The van der Waals surface area contributed by atoms with Crippen molar-refractivity contribution in [3.63, 3.8) is 0 Å². The first-order valence-electron chi connectivity index (χ1n) is 7.07. The molecule has 0 aliphatic carbocycles. The molecule has 0 bridgehead atoms. The van der Waals surface area contributed by atoms with E-state index in [0.717, 1.165) is 22.1 Å². The van der Waals surface area contributed by atoms with Crippen LogP contribution in [0.4, 0.5) is 0 Å². The molecule has 0 unspecified atom stereocenters. The minimum atomic E-state index is -0.0990. The van der Waals surface area contributed by atoms with E-state index in [1.807, 2.05) is 26.0 Å². The normalized spacial score (nSPS) is 15.3. The van der Waals surface area contributed by atoms with Crippen molar-refractivity contribution in [2.24, 2.45) is 0 Å². The molecule has 1 N–H and O–H groups in total. The first-order valence-corrected chi connectivity index (χ1v) is 7.07. The average molecular weight is 286 g/mol. The van der Waals surface area contributed by atoms with Crippen LogP contribution in [0.3, 0.4) is 0 Å². The van der Waals surface area contributed by atoms with E-state index in [9.17, 15) is 9.59 Å². The van der Waals surface area contributed by atoms with Crippen molar-refractivity contribution in [1.82, 2.24) is 10.2 Å². The summed E-state index contributed by atoms with van der Waals surface area (Å²) in [5, 5.41) is 3.70. The zero-order valence-electron chi connectivity index (χ0n) is 12.2. The van der Waals surface area contributed by atoms with Crippen molar-refractivity contribution in [2.45, 2.75) is 20.3 Å². The summed E-state index contributed by atoms with van der Waals surface area (Å²) in [7, 11) is 0. The molecule has 0 radical (unpaired) electrons. The lowest BCUT2D eigenvalue weighted by Gasteiger charge is -2.26. The van der Waals surface area contributed by atoms with Crippen molar-refractivity contribution < 1.29 is 14.0 Å². The van der Waals surface area contributed by atoms with Crippen molar-refractivity contribution in [3.8, 4) is 0 Å². The second-order valence-electron chi connectivity index (χ2n) is 5.49. The number of nitrogens with zero attached hydrogens (tertiary/aromatic N) is 1. The highest BCUT2D eigenvalue weighted by molar-refractivity contribution is 5.91. The molecule has 1 fully saturated rings. The molecule has 1 aromatic carbocycles. The Labute approximate surface area is 122 Å². The summed E-state index contributed by atoms with van der Waals surface area (Å²) in [6.07, 6.45) is 1.92. The molecule has 3 rings (SSSR count). The standard InChI is InChI=1S/C16H18N2O3/c1-10-3-4-13-12(9-21-16(13)11(10)2)7-15(20)18-6-5-17-14(19)8-18/h3-4,9H,5-8H2,1-2H3,(H,17,19). The first kappa shape index (κ1) is 13.7. The zero-order valence-corrected chi connectivity index (χ0v) is 12.2. The van der Waals surface area contributed by atoms with Gasteiger partial charge in [-0.15, -0.1) is 0 Å². The highest BCUT2D eigenvalue weighted by Gasteiger charge is 2.22. The summed E-state index contributed by atoms with van der Waals surface area (Å²) in [4.78, 5) is 25.3. The Balaban J connectivity index is 1.83. The zero-order chi connectivity index (χ0) is 15.0. The van der Waals surface area contributed by atoms with Gasteiger partial charge in [0.15, 0.2) is 0 Å². The van der Waals surface area contributed by atoms with Crippen LogP contribution in [0.25, 0.3) is 11.0 Å². The second-order valence-corrected chi connectivity index (χ2v) is 5.49. The van der Waals surface area contributed by atoms with Crippen LogP contribution in [-0.2, 0) is 16.0 Å². The predicted octanol–water partition coefficient (Wildman–Crippen LogP) is 1.55. The molecule has 1 aromatic heterocycles. The van der Waals surface area contributed by atoms with Crippen LogP contribution in [0.1, 0.15) is 16.7 Å². The van der Waals surface area contributed by atoms with Gasteiger partial charge in [-0.25, -0.2) is 0 Å². The Morgan fingerprint density at radius 1 is 1.38 bits per heavy atom. The lowest BCUT2D eigenvalue weighted by molar-refractivity contribution is -0.137. The molecule has 5 heteroatoms. The molecular weight excluding hydrogens is 268 g/mol. The second kappa shape index (κ2) is 5.24. The Hall–Kier alpha value is -2.30. The number of furan rings is 1. The number of hydrogen-bond donors (Lipinski definition) is 1. The summed E-state index contributed by atoms with van der Waals surface area (Å²) in [6.45, 7) is 5.29. The van der Waals surface area contributed by atoms with Crippen LogP contribution in [0.2, 0.25) is 0 Å². The van der Waals surface area contributed by atoms with Gasteiger partial charge in [-0.1, -0.05) is 12.1 Å². The van der Waals surface area contributed by atoms with Crippen molar-refractivity contribution in [1.29, 1.82) is 0 Å². The number of aryl methyl sites for hydroxylation is 2. The third-order valence-electron chi connectivity index (χ3n) is 4.07. The van der Waals surface area contributed by atoms with Gasteiger partial charge < -0.3 is 14.6 Å². The van der Waals surface area contributed by atoms with Gasteiger partial charge in [0.1, 0.15) is 5.58 Å². The highest BCUT2D eigenvalue weighted by atomic mass is 16.3. The maximum Gasteiger partial charge on any atom is 0.239 e. The number of benzene rings is 1. The Morgan fingerprint density at radius 2 is 2.19 bits per heavy atom. The summed E-state index contributed by atoms with van der Waals surface area (Å²) in [5.74, 6) is -0.135. The Bertz CT molecular complexity index is 718. The fourth-order valence-electron chi connectivity index (χ4n) is 2.65. The molecule has 2 heterocycles. The van der Waals surface area contributed by atoms with Gasteiger partial charge in [-0.2, -0.15) is 0 Å². The highest BCUT2D eigenvalue weighted by Crippen LogP contribution is 2.27. The molecule has 5 nitrogen and oxygen atoms in total. The van der Waals surface area contributed by atoms with Crippen molar-refractivity contribution >= 4 is 22.8 Å². The number of hydrogen-bond acceptors (Lipinski definition) is 3. The number of amides is 2. The summed E-state index contributed by atoms with van der Waals surface area (Å²) in [6, 6.07) is 4.03. The number of fused-ring (bicyclic) bond motifs is 1. The molecule has 1 saturated heterocycles. The van der Waals surface area contributed by atoms with Crippen molar-refractivity contribution in [3.05, 3.63) is 35.1 Å². The molecule has 0 atom stereocenters. The third-order valence-corrected chi connectivity index (χ3v) is 4.07. The maximum absolute atomic E-state index is 12.3. The van der Waals surface area contributed by atoms with Gasteiger partial charge in [0.2, 0.25) is 11.8 Å². The van der Waals surface area contributed by atoms with Crippen LogP contribution >= 0.6 is 0 Å². The van der Waals surface area contributed by atoms with Gasteiger partial charge >= 0.3 is 0 Å². The van der Waals surface area contributed by atoms with Gasteiger partial charge in [-0.3, -0.25) is 9.59 Å². The number of carbonyl (C=O) groups is 2. The maximum atomic E-state index is 12.3. The molecule has 2 amide bonds. The van der Waals surface area contributed by atoms with Gasteiger partial charge in [0, 0.05) is 24.0 Å². The first-order chi connectivity index (χ1) is 10.1. The monoisotopic (exact) mass is 286 g/mol. The lowest BCUT2D eigenvalue weighted by atomic mass is 10.0. The van der Waals surface area contributed by atoms with Gasteiger partial charge in [0.25, 0.3) is 0 Å². The van der Waals surface area contributed by atoms with E-state index in [2.05, 4.69) is 5.32 Å². The number of nitrogens with one attached hydrogen (secondary N) is 1. The molecular formula is C16H18N2O3. The Morgan fingerprint density at radius 3 is 2.95 bits per heavy atom. The van der Waals surface area contributed by atoms with Crippen LogP contribution < -0.4 is 5.32 Å². The average Bonchev–Trinajstić information content (AvgIpc) is 2.86. The number of carbonyl (C=O) groups excluding carboxylic acids is 2. The molecule has 2 aromatic rings. The van der Waals surface area contributed by atoms with Crippen LogP contribution in [0, 0.1) is 13.8 Å². The summed E-state index contributed by atoms with van der Waals surface area (Å²) < 4.78 is 5.62. The minimum absolute atomic E-state index is 0.0363. The smallest absolute Gasteiger partial charge is 0.239 e. The van der Waals surface area contributed by atoms with E-state index >= 15 is 0 Å². The fourth-order valence-corrected chi connectivity index (χ4v) is 2.65. The van der Waals surface area contributed by atoms with E-state index < -0.39 is 0 Å². The molecule has 110 valence electrons. The summed E-state index contributed by atoms with van der Waals surface area (Å²) >= 11 is 0. The predicted molar refractivity (Wildman–Crippen MR) is 79.0 cm³/mol. The van der Waals surface area contributed by atoms with E-state index in [1.165, 1.54) is 5.56 Å². The Kier molecular flexibility index (Phi) is 3.41. The van der Waals surface area contributed by atoms with Crippen LogP contribution in [0.15, 0.2) is 22.8 Å². The quantitative estimate of drug-likeness (QED) is 0.911. The van der Waals surface area contributed by atoms with E-state index in [-0.39, 0.29) is 24.8 Å². The number of rotatable bonds is 2. The van der Waals surface area contributed by atoms with E-state index in [1.54, 1.807) is 11.2 Å². The lowest BCUT2D eigenvalue weighted by Crippen LogP contribution is -2.50. The SMILES string of the molecule is Cc1ccc2c(CC(=O)N3CCNC(=O)C3)coc2c1C. The van der Waals surface area contributed by atoms with Crippen molar-refractivity contribution in [2.75, 3.05) is 19.6 Å². The van der Waals surface area contributed by atoms with E-state index in [4.69, 9.17) is 4.42 Å².